The van der Waals surface area contributed by atoms with Gasteiger partial charge in [-0.25, -0.2) is 14.6 Å². The molecule has 0 amide bonds. The molecule has 47 heavy (non-hydrogen) atoms. The van der Waals surface area contributed by atoms with E-state index in [2.05, 4.69) is 4.57 Å². The van der Waals surface area contributed by atoms with Crippen molar-refractivity contribution in [2.24, 2.45) is 4.99 Å². The number of fused-ring (bicyclic) bond motifs is 2. The van der Waals surface area contributed by atoms with Crippen LogP contribution < -0.4 is 19.6 Å². The number of thiazole rings is 1. The van der Waals surface area contributed by atoms with Gasteiger partial charge in [0.25, 0.3) is 5.56 Å². The van der Waals surface area contributed by atoms with E-state index in [1.54, 1.807) is 44.6 Å². The van der Waals surface area contributed by atoms with Crippen molar-refractivity contribution in [2.75, 3.05) is 20.3 Å². The number of esters is 2. The molecule has 9 nitrogen and oxygen atoms in total. The highest BCUT2D eigenvalue weighted by atomic mass is 32.1. The molecule has 3 aromatic carbocycles. The molecule has 2 aromatic heterocycles. The molecule has 5 aromatic rings. The molecule has 1 aliphatic heterocycles. The third-order valence-electron chi connectivity index (χ3n) is 8.34. The monoisotopic (exact) mass is 649 g/mol. The summed E-state index contributed by atoms with van der Waals surface area (Å²) in [5.41, 5.74) is 5.48. The van der Waals surface area contributed by atoms with Gasteiger partial charge in [-0.05, 0) is 93.6 Å². The molecule has 0 fully saturated rings. The third kappa shape index (κ3) is 5.59. The molecule has 240 valence electrons. The zero-order chi connectivity index (χ0) is 33.4. The number of hydrogen-bond acceptors (Lipinski definition) is 8. The van der Waals surface area contributed by atoms with Crippen LogP contribution in [0.1, 0.15) is 59.7 Å². The van der Waals surface area contributed by atoms with Crippen molar-refractivity contribution >= 4 is 40.1 Å². The van der Waals surface area contributed by atoms with E-state index in [0.717, 1.165) is 39.0 Å². The van der Waals surface area contributed by atoms with Crippen molar-refractivity contribution < 1.29 is 23.8 Å². The van der Waals surface area contributed by atoms with E-state index >= 15 is 0 Å². The number of rotatable bonds is 8. The Kier molecular flexibility index (Phi) is 8.70. The van der Waals surface area contributed by atoms with Crippen LogP contribution in [-0.4, -0.2) is 41.4 Å². The van der Waals surface area contributed by atoms with Crippen LogP contribution in [0, 0.1) is 13.8 Å². The van der Waals surface area contributed by atoms with E-state index in [0.29, 0.717) is 38.5 Å². The summed E-state index contributed by atoms with van der Waals surface area (Å²) in [6.07, 6.45) is 1.88. The van der Waals surface area contributed by atoms with Crippen LogP contribution in [-0.2, 0) is 14.3 Å². The lowest BCUT2D eigenvalue weighted by molar-refractivity contribution is -0.139. The zero-order valence-corrected chi connectivity index (χ0v) is 27.9. The second-order valence-electron chi connectivity index (χ2n) is 11.1. The van der Waals surface area contributed by atoms with E-state index in [1.165, 1.54) is 11.3 Å². The number of aryl methyl sites for hydroxylation is 1. The summed E-state index contributed by atoms with van der Waals surface area (Å²) in [6.45, 7) is 9.80. The Morgan fingerprint density at radius 2 is 1.60 bits per heavy atom. The van der Waals surface area contributed by atoms with Crippen molar-refractivity contribution in [1.82, 2.24) is 9.13 Å². The van der Waals surface area contributed by atoms with Crippen LogP contribution in [0.2, 0.25) is 0 Å². The number of carbonyl (C=O) groups is 2. The summed E-state index contributed by atoms with van der Waals surface area (Å²) in [5, 5.41) is 1.73. The van der Waals surface area contributed by atoms with Crippen molar-refractivity contribution in [1.29, 1.82) is 0 Å². The normalized spacial score (nSPS) is 14.6. The maximum absolute atomic E-state index is 14.4. The first kappa shape index (κ1) is 31.7. The van der Waals surface area contributed by atoms with Gasteiger partial charge in [0.2, 0.25) is 0 Å². The molecular weight excluding hydrogens is 614 g/mol. The summed E-state index contributed by atoms with van der Waals surface area (Å²) < 4.78 is 20.4. The van der Waals surface area contributed by atoms with Crippen molar-refractivity contribution in [3.05, 3.63) is 126 Å². The van der Waals surface area contributed by atoms with Gasteiger partial charge in [-0.2, -0.15) is 0 Å². The number of ether oxygens (including phenoxy) is 3. The minimum atomic E-state index is -0.756. The van der Waals surface area contributed by atoms with Crippen LogP contribution >= 0.6 is 11.3 Å². The minimum Gasteiger partial charge on any atom is -0.496 e. The average Bonchev–Trinajstić information content (AvgIpc) is 3.52. The molecule has 0 saturated heterocycles. The molecule has 0 spiro atoms. The Balaban J connectivity index is 1.51. The molecule has 6 rings (SSSR count). The highest BCUT2D eigenvalue weighted by Gasteiger charge is 2.34. The number of methoxy groups -OCH3 is 1. The number of aromatic nitrogens is 2. The first-order chi connectivity index (χ1) is 22.7. The van der Waals surface area contributed by atoms with Gasteiger partial charge < -0.3 is 18.8 Å². The van der Waals surface area contributed by atoms with Crippen LogP contribution in [0.4, 0.5) is 0 Å². The van der Waals surface area contributed by atoms with E-state index in [1.807, 2.05) is 74.5 Å². The van der Waals surface area contributed by atoms with Gasteiger partial charge in [-0.15, -0.1) is 0 Å². The predicted molar refractivity (Wildman–Crippen MR) is 182 cm³/mol. The van der Waals surface area contributed by atoms with E-state index in [4.69, 9.17) is 19.2 Å². The first-order valence-corrected chi connectivity index (χ1v) is 16.2. The SMILES string of the molecule is CCOC(=O)C1=C(C)N=c2sc(=Cc3cc(C)n(-c4ccc(C(=O)OCC)cc4)c3C)c(=O)n2[C@@H]1c1ccc(OC)c2ccccc12. The summed E-state index contributed by atoms with van der Waals surface area (Å²) in [5.74, 6) is -0.176. The highest BCUT2D eigenvalue weighted by Crippen LogP contribution is 2.38. The molecule has 10 heteroatoms. The lowest BCUT2D eigenvalue weighted by Crippen LogP contribution is -2.40. The average molecular weight is 650 g/mol. The molecule has 0 unspecified atom stereocenters. The lowest BCUT2D eigenvalue weighted by atomic mass is 9.91. The van der Waals surface area contributed by atoms with Gasteiger partial charge >= 0.3 is 11.9 Å². The second kappa shape index (κ2) is 12.9. The molecular formula is C37H35N3O6S. The molecule has 1 aliphatic rings. The molecule has 0 N–H and O–H groups in total. The molecule has 0 saturated carbocycles. The van der Waals surface area contributed by atoms with Crippen molar-refractivity contribution in [3.63, 3.8) is 0 Å². The molecule has 1 atom stereocenters. The predicted octanol–water partition coefficient (Wildman–Crippen LogP) is 5.54. The van der Waals surface area contributed by atoms with Crippen LogP contribution in [0.25, 0.3) is 22.5 Å². The first-order valence-electron chi connectivity index (χ1n) is 15.4. The number of benzene rings is 3. The zero-order valence-electron chi connectivity index (χ0n) is 27.1. The van der Waals surface area contributed by atoms with Crippen molar-refractivity contribution in [2.45, 2.75) is 40.7 Å². The van der Waals surface area contributed by atoms with E-state index < -0.39 is 12.0 Å². The topological polar surface area (TPSA) is 101 Å². The fourth-order valence-electron chi connectivity index (χ4n) is 6.23. The van der Waals surface area contributed by atoms with E-state index in [9.17, 15) is 14.4 Å². The minimum absolute atomic E-state index is 0.192. The Morgan fingerprint density at radius 1 is 0.915 bits per heavy atom. The molecule has 0 bridgehead atoms. The summed E-state index contributed by atoms with van der Waals surface area (Å²) >= 11 is 1.29. The fraction of sp³-hybridized carbons (Fsp3) is 0.243. The maximum atomic E-state index is 14.4. The summed E-state index contributed by atoms with van der Waals surface area (Å²) in [4.78, 5) is 45.2. The number of nitrogens with zero attached hydrogens (tertiary/aromatic N) is 3. The largest absolute Gasteiger partial charge is 0.496 e. The quantitative estimate of drug-likeness (QED) is 0.205. The van der Waals surface area contributed by atoms with Gasteiger partial charge in [0.1, 0.15) is 5.75 Å². The molecule has 0 aliphatic carbocycles. The van der Waals surface area contributed by atoms with Crippen molar-refractivity contribution in [3.8, 4) is 11.4 Å². The Morgan fingerprint density at radius 3 is 2.28 bits per heavy atom. The Hall–Kier alpha value is -5.22. The smallest absolute Gasteiger partial charge is 0.338 e. The summed E-state index contributed by atoms with van der Waals surface area (Å²) in [7, 11) is 1.62. The third-order valence-corrected chi connectivity index (χ3v) is 9.33. The maximum Gasteiger partial charge on any atom is 0.338 e. The standard InChI is InChI=1S/C37H35N3O6S/c1-7-45-35(42)24-13-15-26(16-14-24)39-21(3)19-25(23(39)5)20-31-34(41)40-33(32(36(43)46-8-2)22(4)38-37(40)47-31)29-17-18-30(44-6)28-12-10-9-11-27(28)29/h9-20,33H,7-8H2,1-6H3/t33-/m1/s1. The van der Waals surface area contributed by atoms with Gasteiger partial charge in [0.15, 0.2) is 4.80 Å². The van der Waals surface area contributed by atoms with Crippen LogP contribution in [0.3, 0.4) is 0 Å². The van der Waals surface area contributed by atoms with Gasteiger partial charge in [0.05, 0.1) is 47.7 Å². The Labute approximate surface area is 275 Å². The van der Waals surface area contributed by atoms with Gasteiger partial charge in [-0.3, -0.25) is 9.36 Å². The lowest BCUT2D eigenvalue weighted by Gasteiger charge is -2.26. The second-order valence-corrected chi connectivity index (χ2v) is 12.1. The van der Waals surface area contributed by atoms with Gasteiger partial charge in [0, 0.05) is 22.5 Å². The fourth-order valence-corrected chi connectivity index (χ4v) is 7.27. The molecule has 0 radical (unpaired) electrons. The number of hydrogen-bond donors (Lipinski definition) is 0. The summed E-state index contributed by atoms with van der Waals surface area (Å²) in [6, 6.07) is 20.1. The number of carbonyl (C=O) groups excluding carboxylic acids is 2. The number of allylic oxidation sites excluding steroid dienone is 1. The van der Waals surface area contributed by atoms with E-state index in [-0.39, 0.29) is 18.1 Å². The highest BCUT2D eigenvalue weighted by molar-refractivity contribution is 7.07. The molecule has 3 heterocycles. The van der Waals surface area contributed by atoms with Crippen LogP contribution in [0.15, 0.2) is 87.8 Å². The Bertz CT molecular complexity index is 2260. The van der Waals surface area contributed by atoms with Crippen LogP contribution in [0.5, 0.6) is 5.75 Å². The van der Waals surface area contributed by atoms with Gasteiger partial charge in [-0.1, -0.05) is 41.7 Å².